The number of methoxy groups -OCH3 is 1. The van der Waals surface area contributed by atoms with E-state index in [4.69, 9.17) is 9.47 Å². The summed E-state index contributed by atoms with van der Waals surface area (Å²) in [5.74, 6) is -11.3. The summed E-state index contributed by atoms with van der Waals surface area (Å²) in [6.07, 6.45) is 1.46. The predicted octanol–water partition coefficient (Wildman–Crippen LogP) is 5.67. The van der Waals surface area contributed by atoms with Crippen LogP contribution in [0.25, 0.3) is 6.08 Å². The molecule has 0 N–H and O–H groups in total. The number of hydrogen-bond acceptors (Lipinski definition) is 5. The molecule has 0 radical (unpaired) electrons. The molecule has 180 valence electrons. The zero-order valence-electron chi connectivity index (χ0n) is 18.2. The SMILES string of the molecule is COC(=O)c1ccc(/C=C2\Oc3cc(OCc4c(F)c(F)c(F)c(F)c4F)cc(C)c3C2=O)cc1. The number of halogens is 5. The molecule has 0 atom stereocenters. The van der Waals surface area contributed by atoms with E-state index >= 15 is 0 Å². The molecule has 0 fully saturated rings. The Balaban J connectivity index is 1.57. The molecule has 3 aromatic rings. The standard InChI is InChI=1S/C25H15F5O5/c1-11-7-14(34-10-15-19(26)21(28)23(30)22(29)20(15)27)9-16-18(11)24(31)17(35-16)8-12-3-5-13(6-4-12)25(32)33-2/h3-9H,10H2,1-2H3/b17-8-. The largest absolute Gasteiger partial charge is 0.489 e. The first-order valence-electron chi connectivity index (χ1n) is 10.0. The molecule has 4 rings (SSSR count). The van der Waals surface area contributed by atoms with E-state index < -0.39 is 53.0 Å². The molecule has 0 unspecified atom stereocenters. The lowest BCUT2D eigenvalue weighted by atomic mass is 10.0. The van der Waals surface area contributed by atoms with Crippen LogP contribution < -0.4 is 9.47 Å². The van der Waals surface area contributed by atoms with Crippen molar-refractivity contribution in [3.63, 3.8) is 0 Å². The molecule has 1 aliphatic rings. The van der Waals surface area contributed by atoms with Gasteiger partial charge < -0.3 is 14.2 Å². The summed E-state index contributed by atoms with van der Waals surface area (Å²) in [5, 5.41) is 0. The Morgan fingerprint density at radius 2 is 1.54 bits per heavy atom. The topological polar surface area (TPSA) is 61.8 Å². The van der Waals surface area contributed by atoms with Crippen LogP contribution in [0.3, 0.4) is 0 Å². The van der Waals surface area contributed by atoms with Crippen molar-refractivity contribution in [3.05, 3.63) is 99.1 Å². The normalized spacial score (nSPS) is 13.6. The van der Waals surface area contributed by atoms with Gasteiger partial charge in [-0.25, -0.2) is 26.7 Å². The molecule has 0 amide bonds. The maximum atomic E-state index is 13.9. The van der Waals surface area contributed by atoms with E-state index in [1.807, 2.05) is 0 Å². The maximum absolute atomic E-state index is 13.9. The van der Waals surface area contributed by atoms with Gasteiger partial charge >= 0.3 is 5.97 Å². The zero-order chi connectivity index (χ0) is 25.4. The molecule has 10 heteroatoms. The Kier molecular flexibility index (Phi) is 6.29. The van der Waals surface area contributed by atoms with Crippen LogP contribution in [0.4, 0.5) is 22.0 Å². The molecule has 0 spiro atoms. The Morgan fingerprint density at radius 3 is 2.14 bits per heavy atom. The van der Waals surface area contributed by atoms with Crippen LogP contribution in [0, 0.1) is 36.0 Å². The number of aryl methyl sites for hydroxylation is 1. The molecule has 1 heterocycles. The average molecular weight is 490 g/mol. The summed E-state index contributed by atoms with van der Waals surface area (Å²) < 4.78 is 83.4. The second-order valence-corrected chi connectivity index (χ2v) is 7.50. The van der Waals surface area contributed by atoms with Crippen molar-refractivity contribution in [1.29, 1.82) is 0 Å². The highest BCUT2D eigenvalue weighted by Crippen LogP contribution is 2.38. The summed E-state index contributed by atoms with van der Waals surface area (Å²) in [6.45, 7) is 0.618. The minimum Gasteiger partial charge on any atom is -0.489 e. The van der Waals surface area contributed by atoms with Crippen LogP contribution in [-0.2, 0) is 11.3 Å². The smallest absolute Gasteiger partial charge is 0.337 e. The highest BCUT2D eigenvalue weighted by atomic mass is 19.2. The number of allylic oxidation sites excluding steroid dienone is 1. The minimum absolute atomic E-state index is 0.0123. The molecule has 0 bridgehead atoms. The van der Waals surface area contributed by atoms with Crippen LogP contribution in [0.1, 0.15) is 37.4 Å². The lowest BCUT2D eigenvalue weighted by Crippen LogP contribution is -2.10. The van der Waals surface area contributed by atoms with E-state index in [9.17, 15) is 31.5 Å². The molecule has 0 aromatic heterocycles. The third kappa shape index (κ3) is 4.34. The van der Waals surface area contributed by atoms with Crippen molar-refractivity contribution in [3.8, 4) is 11.5 Å². The van der Waals surface area contributed by atoms with Crippen LogP contribution in [0.15, 0.2) is 42.2 Å². The Hall–Kier alpha value is -4.21. The van der Waals surface area contributed by atoms with E-state index in [0.717, 1.165) is 0 Å². The highest BCUT2D eigenvalue weighted by Gasteiger charge is 2.31. The number of ketones is 1. The Bertz CT molecular complexity index is 1370. The third-order valence-electron chi connectivity index (χ3n) is 5.26. The van der Waals surface area contributed by atoms with Gasteiger partial charge in [-0.1, -0.05) is 12.1 Å². The second-order valence-electron chi connectivity index (χ2n) is 7.50. The first-order chi connectivity index (χ1) is 16.6. The lowest BCUT2D eigenvalue weighted by molar-refractivity contribution is 0.0600. The number of esters is 1. The minimum atomic E-state index is -2.26. The molecular formula is C25H15F5O5. The first-order valence-corrected chi connectivity index (χ1v) is 10.0. The number of carbonyl (C=O) groups excluding carboxylic acids is 2. The molecule has 5 nitrogen and oxygen atoms in total. The Labute approximate surface area is 195 Å². The number of Topliss-reactive ketones (excluding diaryl/α,β-unsaturated/α-hetero) is 1. The zero-order valence-corrected chi connectivity index (χ0v) is 18.2. The highest BCUT2D eigenvalue weighted by molar-refractivity contribution is 6.15. The van der Waals surface area contributed by atoms with E-state index in [-0.39, 0.29) is 22.8 Å². The van der Waals surface area contributed by atoms with E-state index in [0.29, 0.717) is 16.7 Å². The number of hydrogen-bond donors (Lipinski definition) is 0. The number of benzene rings is 3. The van der Waals surface area contributed by atoms with E-state index in [1.54, 1.807) is 19.1 Å². The molecule has 35 heavy (non-hydrogen) atoms. The van der Waals surface area contributed by atoms with Crippen LogP contribution in [0.5, 0.6) is 11.5 Å². The van der Waals surface area contributed by atoms with Crippen molar-refractivity contribution in [2.75, 3.05) is 7.11 Å². The van der Waals surface area contributed by atoms with Crippen LogP contribution >= 0.6 is 0 Å². The number of carbonyl (C=O) groups is 2. The van der Waals surface area contributed by atoms with E-state index in [2.05, 4.69) is 4.74 Å². The third-order valence-corrected chi connectivity index (χ3v) is 5.26. The molecule has 0 saturated heterocycles. The van der Waals surface area contributed by atoms with Crippen LogP contribution in [-0.4, -0.2) is 18.9 Å². The van der Waals surface area contributed by atoms with Crippen molar-refractivity contribution in [1.82, 2.24) is 0 Å². The summed E-state index contributed by atoms with van der Waals surface area (Å²) in [7, 11) is 1.25. The summed E-state index contributed by atoms with van der Waals surface area (Å²) in [6, 6.07) is 8.85. The monoisotopic (exact) mass is 490 g/mol. The van der Waals surface area contributed by atoms with Gasteiger partial charge in [-0.3, -0.25) is 4.79 Å². The van der Waals surface area contributed by atoms with Gasteiger partial charge in [0.15, 0.2) is 29.0 Å². The number of fused-ring (bicyclic) bond motifs is 1. The fourth-order valence-corrected chi connectivity index (χ4v) is 3.48. The average Bonchev–Trinajstić information content (AvgIpc) is 3.16. The van der Waals surface area contributed by atoms with Crippen molar-refractivity contribution >= 4 is 17.8 Å². The maximum Gasteiger partial charge on any atom is 0.337 e. The number of ether oxygens (including phenoxy) is 3. The summed E-state index contributed by atoms with van der Waals surface area (Å²) in [5.41, 5.74) is 0.389. The van der Waals surface area contributed by atoms with Crippen molar-refractivity contribution < 1.29 is 45.8 Å². The predicted molar refractivity (Wildman–Crippen MR) is 112 cm³/mol. The van der Waals surface area contributed by atoms with E-state index in [1.165, 1.54) is 37.5 Å². The molecule has 0 aliphatic carbocycles. The fraction of sp³-hybridized carbons (Fsp3) is 0.120. The lowest BCUT2D eigenvalue weighted by Gasteiger charge is -2.11. The van der Waals surface area contributed by atoms with Gasteiger partial charge in [0.25, 0.3) is 0 Å². The van der Waals surface area contributed by atoms with Crippen LogP contribution in [0.2, 0.25) is 0 Å². The van der Waals surface area contributed by atoms with Crippen molar-refractivity contribution in [2.24, 2.45) is 0 Å². The van der Waals surface area contributed by atoms with Crippen molar-refractivity contribution in [2.45, 2.75) is 13.5 Å². The number of rotatable bonds is 5. The molecule has 3 aromatic carbocycles. The first kappa shape index (κ1) is 23.9. The van der Waals surface area contributed by atoms with Gasteiger partial charge in [0.2, 0.25) is 11.6 Å². The summed E-state index contributed by atoms with van der Waals surface area (Å²) in [4.78, 5) is 24.3. The fourth-order valence-electron chi connectivity index (χ4n) is 3.48. The Morgan fingerprint density at radius 1 is 0.943 bits per heavy atom. The van der Waals surface area contributed by atoms with Gasteiger partial charge in [0, 0.05) is 6.07 Å². The van der Waals surface area contributed by atoms with Gasteiger partial charge in [-0.05, 0) is 42.3 Å². The molecule has 0 saturated carbocycles. The summed E-state index contributed by atoms with van der Waals surface area (Å²) >= 11 is 0. The quantitative estimate of drug-likeness (QED) is 0.152. The van der Waals surface area contributed by atoms with Gasteiger partial charge in [-0.15, -0.1) is 0 Å². The second kappa shape index (κ2) is 9.21. The molecule has 1 aliphatic heterocycles. The van der Waals surface area contributed by atoms with Gasteiger partial charge in [0.05, 0.1) is 23.8 Å². The van der Waals surface area contributed by atoms with Gasteiger partial charge in [0.1, 0.15) is 18.1 Å². The molecular weight excluding hydrogens is 475 g/mol. The van der Waals surface area contributed by atoms with Gasteiger partial charge in [-0.2, -0.15) is 0 Å².